The number of hydrogen-bond acceptors (Lipinski definition) is 6. The smallest absolute Gasteiger partial charge is 0.329 e. The maximum atomic E-state index is 12.7. The Kier molecular flexibility index (Phi) is 5.69. The molecule has 0 unspecified atom stereocenters. The molecule has 0 spiro atoms. The molecule has 3 rings (SSSR count). The third-order valence-electron chi connectivity index (χ3n) is 4.52. The standard InChI is InChI=1S/C20H21N3O4S/c1-5-27-19(25)14(4)23-18(24)17(28-20(23)26)11-15-10-12(2)22(13(15)3)16-6-8-21-9-7-16/h6-11,14H,5H2,1-4H3/b17-11-/t14-/m0/s1. The predicted octanol–water partition coefficient (Wildman–Crippen LogP) is 3.48. The Hall–Kier alpha value is -2.87. The summed E-state index contributed by atoms with van der Waals surface area (Å²) in [5.41, 5.74) is 3.74. The molecule has 3 heterocycles. The van der Waals surface area contributed by atoms with Gasteiger partial charge in [0.15, 0.2) is 0 Å². The van der Waals surface area contributed by atoms with Crippen LogP contribution < -0.4 is 0 Å². The first-order chi connectivity index (χ1) is 13.3. The van der Waals surface area contributed by atoms with E-state index in [0.717, 1.165) is 39.3 Å². The van der Waals surface area contributed by atoms with Crippen LogP contribution in [0, 0.1) is 13.8 Å². The Morgan fingerprint density at radius 1 is 1.29 bits per heavy atom. The van der Waals surface area contributed by atoms with Gasteiger partial charge < -0.3 is 9.30 Å². The Labute approximate surface area is 167 Å². The number of nitrogens with zero attached hydrogens (tertiary/aromatic N) is 3. The second-order valence-electron chi connectivity index (χ2n) is 6.35. The highest BCUT2D eigenvalue weighted by atomic mass is 32.2. The minimum atomic E-state index is -0.956. The number of ether oxygens (including phenoxy) is 1. The molecule has 0 aromatic carbocycles. The van der Waals surface area contributed by atoms with Crippen LogP contribution in [-0.2, 0) is 14.3 Å². The fraction of sp³-hybridized carbons (Fsp3) is 0.300. The molecule has 1 aliphatic rings. The van der Waals surface area contributed by atoms with Gasteiger partial charge >= 0.3 is 5.97 Å². The lowest BCUT2D eigenvalue weighted by atomic mass is 10.2. The molecule has 0 bridgehead atoms. The first-order valence-corrected chi connectivity index (χ1v) is 9.69. The van der Waals surface area contributed by atoms with Gasteiger partial charge in [0, 0.05) is 29.5 Å². The van der Waals surface area contributed by atoms with Gasteiger partial charge in [-0.3, -0.25) is 19.5 Å². The summed E-state index contributed by atoms with van der Waals surface area (Å²) in [4.78, 5) is 42.3. The summed E-state index contributed by atoms with van der Waals surface area (Å²) in [6.07, 6.45) is 5.13. The largest absolute Gasteiger partial charge is 0.464 e. The van der Waals surface area contributed by atoms with E-state index in [1.807, 2.05) is 32.0 Å². The van der Waals surface area contributed by atoms with Gasteiger partial charge in [0.25, 0.3) is 11.1 Å². The number of carbonyl (C=O) groups is 3. The number of thioether (sulfide) groups is 1. The van der Waals surface area contributed by atoms with Gasteiger partial charge in [-0.25, -0.2) is 4.79 Å². The second-order valence-corrected chi connectivity index (χ2v) is 7.34. The summed E-state index contributed by atoms with van der Waals surface area (Å²) in [6, 6.07) is 4.80. The Morgan fingerprint density at radius 3 is 2.61 bits per heavy atom. The van der Waals surface area contributed by atoms with Gasteiger partial charge in [-0.2, -0.15) is 0 Å². The van der Waals surface area contributed by atoms with E-state index in [0.29, 0.717) is 0 Å². The summed E-state index contributed by atoms with van der Waals surface area (Å²) >= 11 is 0.832. The van der Waals surface area contributed by atoms with Crippen molar-refractivity contribution in [3.63, 3.8) is 0 Å². The van der Waals surface area contributed by atoms with Crippen LogP contribution in [0.15, 0.2) is 35.5 Å². The molecule has 1 atom stereocenters. The molecule has 1 aliphatic heterocycles. The molecule has 1 fully saturated rings. The van der Waals surface area contributed by atoms with Crippen LogP contribution in [0.4, 0.5) is 4.79 Å². The molecule has 8 heteroatoms. The average Bonchev–Trinajstić information content (AvgIpc) is 3.10. The second kappa shape index (κ2) is 8.02. The van der Waals surface area contributed by atoms with Gasteiger partial charge in [-0.1, -0.05) is 0 Å². The van der Waals surface area contributed by atoms with Crippen molar-refractivity contribution in [1.82, 2.24) is 14.5 Å². The van der Waals surface area contributed by atoms with Crippen LogP contribution in [-0.4, -0.2) is 44.2 Å². The SMILES string of the molecule is CCOC(=O)[C@H](C)N1C(=O)S/C(=C\c2cc(C)n(-c3ccncc3)c2C)C1=O. The number of rotatable bonds is 5. The maximum Gasteiger partial charge on any atom is 0.329 e. The molecular weight excluding hydrogens is 378 g/mol. The Morgan fingerprint density at radius 2 is 1.96 bits per heavy atom. The molecule has 0 radical (unpaired) electrons. The normalized spacial score (nSPS) is 16.7. The summed E-state index contributed by atoms with van der Waals surface area (Å²) in [5.74, 6) is -1.08. The molecule has 2 aromatic rings. The van der Waals surface area contributed by atoms with E-state index in [1.54, 1.807) is 25.4 Å². The van der Waals surface area contributed by atoms with Crippen molar-refractivity contribution in [2.75, 3.05) is 6.61 Å². The fourth-order valence-corrected chi connectivity index (χ4v) is 4.05. The fourth-order valence-electron chi connectivity index (χ4n) is 3.15. The summed E-state index contributed by atoms with van der Waals surface area (Å²) < 4.78 is 6.99. The van der Waals surface area contributed by atoms with Crippen LogP contribution in [0.3, 0.4) is 0 Å². The molecule has 28 heavy (non-hydrogen) atoms. The van der Waals surface area contributed by atoms with E-state index in [1.165, 1.54) is 6.92 Å². The van der Waals surface area contributed by atoms with Crippen LogP contribution in [0.2, 0.25) is 0 Å². The third kappa shape index (κ3) is 3.60. The lowest BCUT2D eigenvalue weighted by molar-refractivity contribution is -0.150. The topological polar surface area (TPSA) is 81.5 Å². The highest BCUT2D eigenvalue weighted by molar-refractivity contribution is 8.18. The van der Waals surface area contributed by atoms with Crippen molar-refractivity contribution in [3.8, 4) is 5.69 Å². The number of esters is 1. The van der Waals surface area contributed by atoms with Gasteiger partial charge in [0.1, 0.15) is 6.04 Å². The maximum absolute atomic E-state index is 12.7. The van der Waals surface area contributed by atoms with E-state index >= 15 is 0 Å². The van der Waals surface area contributed by atoms with Gasteiger partial charge in [0.2, 0.25) is 0 Å². The van der Waals surface area contributed by atoms with Gasteiger partial charge in [-0.15, -0.1) is 0 Å². The first kappa shape index (κ1) is 19.9. The van der Waals surface area contributed by atoms with Crippen molar-refractivity contribution in [2.45, 2.75) is 33.7 Å². The van der Waals surface area contributed by atoms with Crippen molar-refractivity contribution in [2.24, 2.45) is 0 Å². The number of aryl methyl sites for hydroxylation is 1. The zero-order chi connectivity index (χ0) is 20.4. The van der Waals surface area contributed by atoms with Crippen molar-refractivity contribution in [3.05, 3.63) is 52.4 Å². The number of amides is 2. The molecule has 2 aromatic heterocycles. The van der Waals surface area contributed by atoms with Crippen LogP contribution >= 0.6 is 11.8 Å². The highest BCUT2D eigenvalue weighted by Gasteiger charge is 2.41. The van der Waals surface area contributed by atoms with Crippen LogP contribution in [0.5, 0.6) is 0 Å². The van der Waals surface area contributed by atoms with E-state index < -0.39 is 23.2 Å². The minimum Gasteiger partial charge on any atom is -0.464 e. The highest BCUT2D eigenvalue weighted by Crippen LogP contribution is 2.35. The molecule has 1 saturated heterocycles. The molecule has 146 valence electrons. The number of hydrogen-bond donors (Lipinski definition) is 0. The molecule has 0 N–H and O–H groups in total. The van der Waals surface area contributed by atoms with E-state index in [-0.39, 0.29) is 11.5 Å². The summed E-state index contributed by atoms with van der Waals surface area (Å²) in [6.45, 7) is 7.28. The molecule has 0 saturated carbocycles. The van der Waals surface area contributed by atoms with E-state index in [4.69, 9.17) is 4.74 Å². The quantitative estimate of drug-likeness (QED) is 0.566. The zero-order valence-corrected chi connectivity index (χ0v) is 16.9. The molecular formula is C20H21N3O4S. The number of carbonyl (C=O) groups excluding carboxylic acids is 3. The number of imide groups is 1. The van der Waals surface area contributed by atoms with Gasteiger partial charge in [-0.05, 0) is 69.3 Å². The monoisotopic (exact) mass is 399 g/mol. The lowest BCUT2D eigenvalue weighted by Gasteiger charge is -2.19. The third-order valence-corrected chi connectivity index (χ3v) is 5.40. The molecule has 0 aliphatic carbocycles. The lowest BCUT2D eigenvalue weighted by Crippen LogP contribution is -2.42. The Bertz CT molecular complexity index is 965. The van der Waals surface area contributed by atoms with Crippen molar-refractivity contribution < 1.29 is 19.1 Å². The van der Waals surface area contributed by atoms with Gasteiger partial charge in [0.05, 0.1) is 11.5 Å². The summed E-state index contributed by atoms with van der Waals surface area (Å²) in [7, 11) is 0. The number of pyridine rings is 1. The van der Waals surface area contributed by atoms with Crippen LogP contribution in [0.1, 0.15) is 30.8 Å². The number of aromatic nitrogens is 2. The minimum absolute atomic E-state index is 0.191. The van der Waals surface area contributed by atoms with Crippen molar-refractivity contribution >= 4 is 35.0 Å². The predicted molar refractivity (Wildman–Crippen MR) is 107 cm³/mol. The van der Waals surface area contributed by atoms with Crippen LogP contribution in [0.25, 0.3) is 11.8 Å². The molecule has 2 amide bonds. The van der Waals surface area contributed by atoms with Crippen molar-refractivity contribution in [1.29, 1.82) is 0 Å². The Balaban J connectivity index is 1.92. The average molecular weight is 399 g/mol. The van der Waals surface area contributed by atoms with E-state index in [9.17, 15) is 14.4 Å². The molecule has 7 nitrogen and oxygen atoms in total. The zero-order valence-electron chi connectivity index (χ0n) is 16.1. The summed E-state index contributed by atoms with van der Waals surface area (Å²) in [5, 5.41) is -0.472. The van der Waals surface area contributed by atoms with E-state index in [2.05, 4.69) is 9.55 Å². The first-order valence-electron chi connectivity index (χ1n) is 8.88.